The van der Waals surface area contributed by atoms with Crippen LogP contribution in [0.2, 0.25) is 0 Å². The summed E-state index contributed by atoms with van der Waals surface area (Å²) in [6.45, 7) is 3.96. The summed E-state index contributed by atoms with van der Waals surface area (Å²) in [5, 5.41) is 5.53. The third-order valence-electron chi connectivity index (χ3n) is 4.45. The number of likely N-dealkylation sites (N-methyl/N-ethyl adjacent to an activating group) is 1. The van der Waals surface area contributed by atoms with Crippen molar-refractivity contribution in [1.82, 2.24) is 10.2 Å². The summed E-state index contributed by atoms with van der Waals surface area (Å²) in [6.07, 6.45) is 0.0914. The first-order valence-corrected chi connectivity index (χ1v) is 9.34. The molecule has 2 N–H and O–H groups in total. The van der Waals surface area contributed by atoms with Crippen molar-refractivity contribution in [3.8, 4) is 5.75 Å². The molecule has 0 bridgehead atoms. The van der Waals surface area contributed by atoms with Crippen molar-refractivity contribution < 1.29 is 19.1 Å². The highest BCUT2D eigenvalue weighted by molar-refractivity contribution is 5.97. The van der Waals surface area contributed by atoms with E-state index < -0.39 is 0 Å². The Morgan fingerprint density at radius 2 is 1.79 bits per heavy atom. The second-order valence-electron chi connectivity index (χ2n) is 6.82. The number of aryl methyl sites for hydroxylation is 2. The lowest BCUT2D eigenvalue weighted by Crippen LogP contribution is -2.37. The molecule has 7 nitrogen and oxygen atoms in total. The van der Waals surface area contributed by atoms with Gasteiger partial charge in [0.25, 0.3) is 5.91 Å². The number of hydrogen-bond donors (Lipinski definition) is 2. The van der Waals surface area contributed by atoms with Gasteiger partial charge in [0.2, 0.25) is 11.8 Å². The number of carbonyl (C=O) groups is 3. The summed E-state index contributed by atoms with van der Waals surface area (Å²) in [7, 11) is 3.06. The molecule has 2 aromatic rings. The van der Waals surface area contributed by atoms with Crippen LogP contribution < -0.4 is 15.4 Å². The van der Waals surface area contributed by atoms with Gasteiger partial charge in [-0.2, -0.15) is 0 Å². The number of hydrogen-bond acceptors (Lipinski definition) is 4. The minimum atomic E-state index is -0.314. The first-order chi connectivity index (χ1) is 13.8. The second-order valence-corrected chi connectivity index (χ2v) is 6.82. The van der Waals surface area contributed by atoms with Crippen LogP contribution in [0.15, 0.2) is 42.5 Å². The number of nitrogens with one attached hydrogen (secondary N) is 2. The van der Waals surface area contributed by atoms with Gasteiger partial charge in [-0.15, -0.1) is 0 Å². The van der Waals surface area contributed by atoms with Crippen LogP contribution in [0.4, 0.5) is 5.69 Å². The van der Waals surface area contributed by atoms with Crippen LogP contribution in [-0.2, 0) is 9.59 Å². The standard InChI is InChI=1S/C22H27N3O4/c1-15-9-10-16(2)18(13-15)24-20(26)14-25(3)21(27)11-12-23-22(28)17-7-5-6-8-19(17)29-4/h5-10,13H,11-12,14H2,1-4H3,(H,23,28)(H,24,26). The van der Waals surface area contributed by atoms with Gasteiger partial charge in [0.1, 0.15) is 5.75 Å². The van der Waals surface area contributed by atoms with Crippen LogP contribution >= 0.6 is 0 Å². The Morgan fingerprint density at radius 3 is 2.52 bits per heavy atom. The van der Waals surface area contributed by atoms with Crippen molar-refractivity contribution in [1.29, 1.82) is 0 Å². The number of rotatable bonds is 8. The molecule has 0 saturated heterocycles. The van der Waals surface area contributed by atoms with Crippen LogP contribution in [0.5, 0.6) is 5.75 Å². The van der Waals surface area contributed by atoms with Gasteiger partial charge in [-0.05, 0) is 43.2 Å². The number of amides is 3. The Labute approximate surface area is 171 Å². The van der Waals surface area contributed by atoms with Crippen LogP contribution in [0.3, 0.4) is 0 Å². The lowest BCUT2D eigenvalue weighted by molar-refractivity contribution is -0.133. The van der Waals surface area contributed by atoms with E-state index >= 15 is 0 Å². The van der Waals surface area contributed by atoms with E-state index in [0.29, 0.717) is 11.3 Å². The lowest BCUT2D eigenvalue weighted by Gasteiger charge is -2.18. The molecule has 0 aromatic heterocycles. The van der Waals surface area contributed by atoms with Crippen molar-refractivity contribution in [2.24, 2.45) is 0 Å². The zero-order valence-corrected chi connectivity index (χ0v) is 17.2. The van der Waals surface area contributed by atoms with E-state index in [1.807, 2.05) is 32.0 Å². The predicted octanol–water partition coefficient (Wildman–Crippen LogP) is 2.53. The zero-order valence-electron chi connectivity index (χ0n) is 17.2. The molecule has 2 rings (SSSR count). The van der Waals surface area contributed by atoms with Crippen molar-refractivity contribution in [2.45, 2.75) is 20.3 Å². The van der Waals surface area contributed by atoms with Crippen LogP contribution in [0.25, 0.3) is 0 Å². The molecular formula is C22H27N3O4. The van der Waals surface area contributed by atoms with Gasteiger partial charge >= 0.3 is 0 Å². The monoisotopic (exact) mass is 397 g/mol. The number of nitrogens with zero attached hydrogens (tertiary/aromatic N) is 1. The Hall–Kier alpha value is -3.35. The van der Waals surface area contributed by atoms with Crippen LogP contribution in [0, 0.1) is 13.8 Å². The summed E-state index contributed by atoms with van der Waals surface area (Å²) in [6, 6.07) is 12.7. The molecule has 154 valence electrons. The summed E-state index contributed by atoms with van der Waals surface area (Å²) >= 11 is 0. The van der Waals surface area contributed by atoms with Crippen LogP contribution in [-0.4, -0.2) is 49.9 Å². The Balaban J connectivity index is 1.80. The maximum Gasteiger partial charge on any atom is 0.255 e. The minimum absolute atomic E-state index is 0.0628. The Kier molecular flexibility index (Phi) is 7.77. The average Bonchev–Trinajstić information content (AvgIpc) is 2.70. The van der Waals surface area contributed by atoms with Crippen molar-refractivity contribution in [3.63, 3.8) is 0 Å². The van der Waals surface area contributed by atoms with Gasteiger partial charge in [0.15, 0.2) is 0 Å². The molecule has 0 aliphatic heterocycles. The van der Waals surface area contributed by atoms with Crippen molar-refractivity contribution in [3.05, 3.63) is 59.2 Å². The number of para-hydroxylation sites is 1. The van der Waals surface area contributed by atoms with Gasteiger partial charge in [0.05, 0.1) is 19.2 Å². The molecule has 0 unspecified atom stereocenters. The van der Waals surface area contributed by atoms with E-state index in [9.17, 15) is 14.4 Å². The van der Waals surface area contributed by atoms with Gasteiger partial charge in [-0.1, -0.05) is 24.3 Å². The van der Waals surface area contributed by atoms with Gasteiger partial charge in [-0.25, -0.2) is 0 Å². The van der Waals surface area contributed by atoms with Gasteiger partial charge < -0.3 is 20.3 Å². The molecule has 3 amide bonds. The maximum atomic E-state index is 12.3. The van der Waals surface area contributed by atoms with Gasteiger partial charge in [0, 0.05) is 25.7 Å². The largest absolute Gasteiger partial charge is 0.496 e. The molecule has 2 aromatic carbocycles. The number of benzene rings is 2. The van der Waals surface area contributed by atoms with E-state index in [2.05, 4.69) is 10.6 Å². The Bertz CT molecular complexity index is 895. The fraction of sp³-hybridized carbons (Fsp3) is 0.318. The van der Waals surface area contributed by atoms with E-state index in [1.54, 1.807) is 31.3 Å². The lowest BCUT2D eigenvalue weighted by atomic mass is 10.1. The molecule has 0 atom stereocenters. The predicted molar refractivity (Wildman–Crippen MR) is 112 cm³/mol. The number of anilines is 1. The normalized spacial score (nSPS) is 10.2. The molecule has 0 heterocycles. The second kappa shape index (κ2) is 10.3. The third kappa shape index (κ3) is 6.34. The molecule has 0 radical (unpaired) electrons. The quantitative estimate of drug-likeness (QED) is 0.717. The average molecular weight is 397 g/mol. The van der Waals surface area contributed by atoms with Crippen molar-refractivity contribution >= 4 is 23.4 Å². The SMILES string of the molecule is COc1ccccc1C(=O)NCCC(=O)N(C)CC(=O)Nc1cc(C)ccc1C. The molecule has 0 fully saturated rings. The number of methoxy groups -OCH3 is 1. The fourth-order valence-electron chi connectivity index (χ4n) is 2.77. The molecule has 0 spiro atoms. The highest BCUT2D eigenvalue weighted by Gasteiger charge is 2.15. The van der Waals surface area contributed by atoms with Crippen LogP contribution in [0.1, 0.15) is 27.9 Å². The highest BCUT2D eigenvalue weighted by atomic mass is 16.5. The number of carbonyl (C=O) groups excluding carboxylic acids is 3. The van der Waals surface area contributed by atoms with E-state index in [0.717, 1.165) is 16.8 Å². The topological polar surface area (TPSA) is 87.7 Å². The Morgan fingerprint density at radius 1 is 1.07 bits per heavy atom. The molecule has 0 saturated carbocycles. The highest BCUT2D eigenvalue weighted by Crippen LogP contribution is 2.17. The molecule has 29 heavy (non-hydrogen) atoms. The number of ether oxygens (including phenoxy) is 1. The molecule has 0 aliphatic rings. The molecule has 7 heteroatoms. The summed E-state index contributed by atoms with van der Waals surface area (Å²) < 4.78 is 5.16. The third-order valence-corrected chi connectivity index (χ3v) is 4.45. The zero-order chi connectivity index (χ0) is 21.4. The smallest absolute Gasteiger partial charge is 0.255 e. The van der Waals surface area contributed by atoms with E-state index in [4.69, 9.17) is 4.74 Å². The van der Waals surface area contributed by atoms with E-state index in [-0.39, 0.29) is 37.2 Å². The summed E-state index contributed by atoms with van der Waals surface area (Å²) in [4.78, 5) is 38.1. The summed E-state index contributed by atoms with van der Waals surface area (Å²) in [5.41, 5.74) is 3.14. The van der Waals surface area contributed by atoms with Gasteiger partial charge in [-0.3, -0.25) is 14.4 Å². The maximum absolute atomic E-state index is 12.3. The minimum Gasteiger partial charge on any atom is -0.496 e. The molecule has 0 aliphatic carbocycles. The van der Waals surface area contributed by atoms with Crippen molar-refractivity contribution in [2.75, 3.05) is 32.6 Å². The summed E-state index contributed by atoms with van der Waals surface area (Å²) in [5.74, 6) is -0.351. The first-order valence-electron chi connectivity index (χ1n) is 9.34. The first kappa shape index (κ1) is 21.9. The van der Waals surface area contributed by atoms with E-state index in [1.165, 1.54) is 12.0 Å². The molecular weight excluding hydrogens is 370 g/mol. The fourth-order valence-corrected chi connectivity index (χ4v) is 2.77.